The van der Waals surface area contributed by atoms with Gasteiger partial charge in [-0.05, 0) is 30.2 Å². The van der Waals surface area contributed by atoms with Gasteiger partial charge in [0.25, 0.3) is 5.91 Å². The Bertz CT molecular complexity index is 684. The molecule has 2 aromatic carbocycles. The zero-order valence-electron chi connectivity index (χ0n) is 10.7. The van der Waals surface area contributed by atoms with Gasteiger partial charge < -0.3 is 5.73 Å². The highest BCUT2D eigenvalue weighted by Crippen LogP contribution is 2.24. The van der Waals surface area contributed by atoms with Crippen LogP contribution in [0.15, 0.2) is 47.5 Å². The summed E-state index contributed by atoms with van der Waals surface area (Å²) in [6.07, 6.45) is 0.608. The maximum atomic E-state index is 12.0. The number of hydrogen-bond acceptors (Lipinski definition) is 2. The molecule has 0 unspecified atom stereocenters. The quantitative estimate of drug-likeness (QED) is 0.791. The van der Waals surface area contributed by atoms with Crippen molar-refractivity contribution in [1.29, 1.82) is 0 Å². The van der Waals surface area contributed by atoms with Crippen LogP contribution < -0.4 is 5.73 Å². The summed E-state index contributed by atoms with van der Waals surface area (Å²) >= 11 is 0. The SMILES string of the molecule is Cc1ccc(C2=NC(=O)c3cccc(N)c3C2)cc1. The summed E-state index contributed by atoms with van der Waals surface area (Å²) in [5, 5.41) is 0. The number of nitrogens with zero attached hydrogens (tertiary/aromatic N) is 1. The van der Waals surface area contributed by atoms with Gasteiger partial charge in [0.15, 0.2) is 0 Å². The molecule has 1 aliphatic heterocycles. The normalized spacial score (nSPS) is 13.9. The Hall–Kier alpha value is -2.42. The molecule has 2 aromatic rings. The van der Waals surface area contributed by atoms with Crippen LogP contribution in [0.25, 0.3) is 0 Å². The monoisotopic (exact) mass is 250 g/mol. The topological polar surface area (TPSA) is 55.5 Å². The number of benzene rings is 2. The van der Waals surface area contributed by atoms with Gasteiger partial charge in [0.05, 0.1) is 5.71 Å². The average Bonchev–Trinajstić information content (AvgIpc) is 2.41. The van der Waals surface area contributed by atoms with Crippen molar-refractivity contribution in [3.8, 4) is 0 Å². The van der Waals surface area contributed by atoms with Crippen LogP contribution in [0.4, 0.5) is 5.69 Å². The number of carbonyl (C=O) groups is 1. The maximum Gasteiger partial charge on any atom is 0.277 e. The van der Waals surface area contributed by atoms with Crippen molar-refractivity contribution >= 4 is 17.3 Å². The highest BCUT2D eigenvalue weighted by molar-refractivity contribution is 6.15. The van der Waals surface area contributed by atoms with Crippen molar-refractivity contribution in [3.63, 3.8) is 0 Å². The van der Waals surface area contributed by atoms with Crippen LogP contribution in [0.5, 0.6) is 0 Å². The van der Waals surface area contributed by atoms with Crippen molar-refractivity contribution in [2.75, 3.05) is 5.73 Å². The van der Waals surface area contributed by atoms with Gasteiger partial charge in [0.1, 0.15) is 0 Å². The van der Waals surface area contributed by atoms with Gasteiger partial charge in [0.2, 0.25) is 0 Å². The first kappa shape index (κ1) is 11.7. The van der Waals surface area contributed by atoms with E-state index in [1.807, 2.05) is 37.3 Å². The Morgan fingerprint density at radius 2 is 1.84 bits per heavy atom. The minimum absolute atomic E-state index is 0.205. The molecule has 0 atom stereocenters. The summed E-state index contributed by atoms with van der Waals surface area (Å²) in [6.45, 7) is 2.03. The van der Waals surface area contributed by atoms with Gasteiger partial charge in [-0.1, -0.05) is 35.9 Å². The average molecular weight is 250 g/mol. The van der Waals surface area contributed by atoms with Crippen molar-refractivity contribution < 1.29 is 4.79 Å². The van der Waals surface area contributed by atoms with Crippen LogP contribution >= 0.6 is 0 Å². The molecule has 1 heterocycles. The number of anilines is 1. The molecule has 94 valence electrons. The molecule has 0 aromatic heterocycles. The third-order valence-corrected chi connectivity index (χ3v) is 3.41. The van der Waals surface area contributed by atoms with Gasteiger partial charge in [-0.15, -0.1) is 0 Å². The van der Waals surface area contributed by atoms with E-state index >= 15 is 0 Å². The molecular formula is C16H14N2O. The molecule has 19 heavy (non-hydrogen) atoms. The highest BCUT2D eigenvalue weighted by atomic mass is 16.1. The van der Waals surface area contributed by atoms with Gasteiger partial charge >= 0.3 is 0 Å². The van der Waals surface area contributed by atoms with Gasteiger partial charge in [-0.2, -0.15) is 0 Å². The smallest absolute Gasteiger partial charge is 0.277 e. The predicted molar refractivity (Wildman–Crippen MR) is 76.6 cm³/mol. The van der Waals surface area contributed by atoms with E-state index in [2.05, 4.69) is 4.99 Å². The molecule has 3 nitrogen and oxygen atoms in total. The molecule has 0 radical (unpaired) electrons. The number of hydrogen-bond donors (Lipinski definition) is 1. The number of amides is 1. The minimum Gasteiger partial charge on any atom is -0.398 e. The molecule has 1 amide bonds. The standard InChI is InChI=1S/C16H14N2O/c1-10-5-7-11(8-6-10)15-9-13-12(16(19)18-15)3-2-4-14(13)17/h2-8H,9,17H2,1H3. The Balaban J connectivity index is 2.06. The lowest BCUT2D eigenvalue weighted by atomic mass is 9.93. The number of carbonyl (C=O) groups excluding carboxylic acids is 1. The minimum atomic E-state index is -0.205. The Morgan fingerprint density at radius 1 is 1.11 bits per heavy atom. The predicted octanol–water partition coefficient (Wildman–Crippen LogP) is 2.76. The molecule has 0 saturated carbocycles. The lowest BCUT2D eigenvalue weighted by Crippen LogP contribution is -2.18. The second kappa shape index (κ2) is 4.35. The molecule has 0 spiro atoms. The molecule has 2 N–H and O–H groups in total. The van der Waals surface area contributed by atoms with E-state index in [0.29, 0.717) is 17.7 Å². The van der Waals surface area contributed by atoms with Crippen molar-refractivity contribution in [2.24, 2.45) is 4.99 Å². The Morgan fingerprint density at radius 3 is 2.58 bits per heavy atom. The van der Waals surface area contributed by atoms with E-state index in [0.717, 1.165) is 16.8 Å². The first-order valence-electron chi connectivity index (χ1n) is 6.21. The largest absolute Gasteiger partial charge is 0.398 e. The molecule has 0 aliphatic carbocycles. The van der Waals surface area contributed by atoms with E-state index in [1.165, 1.54) is 5.56 Å². The van der Waals surface area contributed by atoms with Crippen LogP contribution in [-0.4, -0.2) is 11.6 Å². The molecular weight excluding hydrogens is 236 g/mol. The van der Waals surface area contributed by atoms with Crippen molar-refractivity contribution in [2.45, 2.75) is 13.3 Å². The maximum absolute atomic E-state index is 12.0. The van der Waals surface area contributed by atoms with Crippen LogP contribution in [0.1, 0.15) is 27.0 Å². The number of rotatable bonds is 1. The second-order valence-corrected chi connectivity index (χ2v) is 4.78. The van der Waals surface area contributed by atoms with Crippen LogP contribution in [0.2, 0.25) is 0 Å². The summed E-state index contributed by atoms with van der Waals surface area (Å²) < 4.78 is 0. The zero-order chi connectivity index (χ0) is 13.4. The van der Waals surface area contributed by atoms with Gasteiger partial charge in [-0.25, -0.2) is 4.99 Å². The third kappa shape index (κ3) is 2.03. The van der Waals surface area contributed by atoms with Crippen LogP contribution in [-0.2, 0) is 6.42 Å². The van der Waals surface area contributed by atoms with E-state index in [4.69, 9.17) is 5.73 Å². The summed E-state index contributed by atoms with van der Waals surface area (Å²) in [6, 6.07) is 13.4. The Labute approximate surface area is 111 Å². The third-order valence-electron chi connectivity index (χ3n) is 3.41. The van der Waals surface area contributed by atoms with Gasteiger partial charge in [0, 0.05) is 17.7 Å². The second-order valence-electron chi connectivity index (χ2n) is 4.78. The van der Waals surface area contributed by atoms with E-state index in [-0.39, 0.29) is 5.91 Å². The number of nitrogen functional groups attached to an aromatic ring is 1. The number of fused-ring (bicyclic) bond motifs is 1. The fourth-order valence-electron chi connectivity index (χ4n) is 2.30. The fourth-order valence-corrected chi connectivity index (χ4v) is 2.30. The molecule has 3 rings (SSSR count). The van der Waals surface area contributed by atoms with Crippen LogP contribution in [0, 0.1) is 6.92 Å². The zero-order valence-corrected chi connectivity index (χ0v) is 10.7. The van der Waals surface area contributed by atoms with Crippen molar-refractivity contribution in [3.05, 3.63) is 64.7 Å². The molecule has 3 heteroatoms. The van der Waals surface area contributed by atoms with E-state index < -0.39 is 0 Å². The summed E-state index contributed by atoms with van der Waals surface area (Å²) in [5.41, 5.74) is 11.1. The lowest BCUT2D eigenvalue weighted by Gasteiger charge is -2.17. The number of aliphatic imine (C=N–C) groups is 1. The molecule has 1 aliphatic rings. The fraction of sp³-hybridized carbons (Fsp3) is 0.125. The van der Waals surface area contributed by atoms with E-state index in [1.54, 1.807) is 12.1 Å². The summed E-state index contributed by atoms with van der Waals surface area (Å²) in [7, 11) is 0. The van der Waals surface area contributed by atoms with E-state index in [9.17, 15) is 4.79 Å². The number of nitrogens with two attached hydrogens (primary N) is 1. The highest BCUT2D eigenvalue weighted by Gasteiger charge is 2.21. The summed E-state index contributed by atoms with van der Waals surface area (Å²) in [5.74, 6) is -0.205. The summed E-state index contributed by atoms with van der Waals surface area (Å²) in [4.78, 5) is 16.2. The number of aryl methyl sites for hydroxylation is 1. The van der Waals surface area contributed by atoms with Gasteiger partial charge in [-0.3, -0.25) is 4.79 Å². The van der Waals surface area contributed by atoms with Crippen molar-refractivity contribution in [1.82, 2.24) is 0 Å². The molecule has 0 bridgehead atoms. The molecule has 0 saturated heterocycles. The first-order chi connectivity index (χ1) is 9.15. The molecule has 0 fully saturated rings. The first-order valence-corrected chi connectivity index (χ1v) is 6.21. The Kier molecular flexibility index (Phi) is 2.67. The lowest BCUT2D eigenvalue weighted by molar-refractivity contribution is 0.100. The van der Waals surface area contributed by atoms with Crippen LogP contribution in [0.3, 0.4) is 0 Å².